The van der Waals surface area contributed by atoms with E-state index in [0.29, 0.717) is 12.6 Å². The van der Waals surface area contributed by atoms with Crippen molar-refractivity contribution in [2.45, 2.75) is 48.2 Å². The van der Waals surface area contributed by atoms with Gasteiger partial charge in [-0.15, -0.1) is 11.3 Å². The third-order valence-corrected chi connectivity index (χ3v) is 7.28. The van der Waals surface area contributed by atoms with Crippen molar-refractivity contribution in [3.8, 4) is 5.75 Å². The SMILES string of the molecule is CCOc1ccc2nc(S[C@@H](C(=O)NC3CCCC3)c3ccccc3)sc2c1. The summed E-state index contributed by atoms with van der Waals surface area (Å²) < 4.78 is 7.58. The summed E-state index contributed by atoms with van der Waals surface area (Å²) in [5, 5.41) is 2.96. The molecule has 0 unspecified atom stereocenters. The minimum absolute atomic E-state index is 0.0809. The van der Waals surface area contributed by atoms with Crippen LogP contribution in [-0.2, 0) is 4.79 Å². The van der Waals surface area contributed by atoms with Crippen LogP contribution in [0.4, 0.5) is 0 Å². The molecule has 0 spiro atoms. The molecule has 3 aromatic rings. The number of aromatic nitrogens is 1. The molecule has 0 saturated heterocycles. The van der Waals surface area contributed by atoms with E-state index >= 15 is 0 Å². The van der Waals surface area contributed by atoms with Gasteiger partial charge in [-0.3, -0.25) is 4.79 Å². The van der Waals surface area contributed by atoms with Gasteiger partial charge in [0.15, 0.2) is 4.34 Å². The maximum atomic E-state index is 13.1. The summed E-state index contributed by atoms with van der Waals surface area (Å²) in [6, 6.07) is 16.3. The van der Waals surface area contributed by atoms with E-state index in [1.807, 2.05) is 55.5 Å². The molecule has 2 aromatic carbocycles. The maximum absolute atomic E-state index is 13.1. The van der Waals surface area contributed by atoms with Crippen molar-refractivity contribution in [3.05, 3.63) is 54.1 Å². The van der Waals surface area contributed by atoms with Crippen LogP contribution >= 0.6 is 23.1 Å². The standard InChI is InChI=1S/C22H24N2O2S2/c1-2-26-17-12-13-18-19(14-17)27-22(24-18)28-20(15-8-4-3-5-9-15)21(25)23-16-10-6-7-11-16/h3-5,8-9,12-14,16,20H,2,6-7,10-11H2,1H3,(H,23,25)/t20-/m1/s1. The molecule has 0 bridgehead atoms. The first-order valence-corrected chi connectivity index (χ1v) is 11.5. The Balaban J connectivity index is 1.57. The summed E-state index contributed by atoms with van der Waals surface area (Å²) in [6.45, 7) is 2.62. The Morgan fingerprint density at radius 1 is 1.25 bits per heavy atom. The number of hydrogen-bond acceptors (Lipinski definition) is 5. The molecule has 28 heavy (non-hydrogen) atoms. The van der Waals surface area contributed by atoms with Crippen LogP contribution in [-0.4, -0.2) is 23.5 Å². The first-order valence-electron chi connectivity index (χ1n) is 9.78. The largest absolute Gasteiger partial charge is 0.494 e. The monoisotopic (exact) mass is 412 g/mol. The minimum Gasteiger partial charge on any atom is -0.494 e. The third-order valence-electron chi connectivity index (χ3n) is 4.91. The second kappa shape index (κ2) is 8.97. The van der Waals surface area contributed by atoms with Gasteiger partial charge < -0.3 is 10.1 Å². The van der Waals surface area contributed by atoms with Gasteiger partial charge in [-0.05, 0) is 43.5 Å². The van der Waals surface area contributed by atoms with Gasteiger partial charge in [0.1, 0.15) is 11.0 Å². The van der Waals surface area contributed by atoms with E-state index in [2.05, 4.69) is 5.32 Å². The highest BCUT2D eigenvalue weighted by Gasteiger charge is 2.27. The first kappa shape index (κ1) is 19.3. The Labute approximate surface area is 173 Å². The Morgan fingerprint density at radius 3 is 2.79 bits per heavy atom. The number of nitrogens with zero attached hydrogens (tertiary/aromatic N) is 1. The Hall–Kier alpha value is -2.05. The van der Waals surface area contributed by atoms with E-state index in [1.165, 1.54) is 24.6 Å². The van der Waals surface area contributed by atoms with Crippen molar-refractivity contribution in [3.63, 3.8) is 0 Å². The average molecular weight is 413 g/mol. The molecule has 1 aliphatic carbocycles. The molecule has 1 atom stereocenters. The second-order valence-corrected chi connectivity index (χ2v) is 9.32. The number of fused-ring (bicyclic) bond motifs is 1. The number of amides is 1. The highest BCUT2D eigenvalue weighted by molar-refractivity contribution is 8.02. The van der Waals surface area contributed by atoms with E-state index < -0.39 is 0 Å². The Bertz CT molecular complexity index is 936. The Morgan fingerprint density at radius 2 is 2.04 bits per heavy atom. The number of carbonyl (C=O) groups is 1. The number of rotatable bonds is 7. The summed E-state index contributed by atoms with van der Waals surface area (Å²) in [4.78, 5) is 17.8. The molecule has 0 aliphatic heterocycles. The molecule has 4 nitrogen and oxygen atoms in total. The summed E-state index contributed by atoms with van der Waals surface area (Å²) in [5.41, 5.74) is 1.95. The van der Waals surface area contributed by atoms with Gasteiger partial charge >= 0.3 is 0 Å². The lowest BCUT2D eigenvalue weighted by molar-refractivity contribution is -0.121. The number of benzene rings is 2. The fraction of sp³-hybridized carbons (Fsp3) is 0.364. The molecule has 6 heteroatoms. The lowest BCUT2D eigenvalue weighted by Crippen LogP contribution is -2.35. The quantitative estimate of drug-likeness (QED) is 0.514. The number of hydrogen-bond donors (Lipinski definition) is 1. The average Bonchev–Trinajstić information content (AvgIpc) is 3.36. The van der Waals surface area contributed by atoms with Gasteiger partial charge in [-0.25, -0.2) is 4.98 Å². The normalized spacial score (nSPS) is 15.6. The van der Waals surface area contributed by atoms with Gasteiger partial charge in [-0.1, -0.05) is 54.9 Å². The maximum Gasteiger partial charge on any atom is 0.238 e. The van der Waals surface area contributed by atoms with Crippen molar-refractivity contribution in [2.75, 3.05) is 6.61 Å². The Kier molecular flexibility index (Phi) is 6.17. The number of carbonyl (C=O) groups excluding carboxylic acids is 1. The highest BCUT2D eigenvalue weighted by atomic mass is 32.2. The summed E-state index contributed by atoms with van der Waals surface area (Å²) in [6.07, 6.45) is 4.57. The molecule has 4 rings (SSSR count). The van der Waals surface area contributed by atoms with Gasteiger partial charge in [0.25, 0.3) is 0 Å². The molecule has 0 radical (unpaired) electrons. The zero-order valence-electron chi connectivity index (χ0n) is 15.9. The third kappa shape index (κ3) is 4.50. The van der Waals surface area contributed by atoms with Crippen molar-refractivity contribution in [2.24, 2.45) is 0 Å². The lowest BCUT2D eigenvalue weighted by Gasteiger charge is -2.19. The molecule has 146 valence electrons. The van der Waals surface area contributed by atoms with Gasteiger partial charge in [0, 0.05) is 6.04 Å². The molecule has 1 N–H and O–H groups in total. The molecule has 1 amide bonds. The number of thiazole rings is 1. The van der Waals surface area contributed by atoms with E-state index in [0.717, 1.165) is 38.7 Å². The van der Waals surface area contributed by atoms with Gasteiger partial charge in [0.05, 0.1) is 16.8 Å². The topological polar surface area (TPSA) is 51.2 Å². The van der Waals surface area contributed by atoms with Crippen LogP contribution in [0.1, 0.15) is 43.4 Å². The molecule has 1 aromatic heterocycles. The molecular formula is C22H24N2O2S2. The summed E-state index contributed by atoms with van der Waals surface area (Å²) in [5.74, 6) is 0.936. The summed E-state index contributed by atoms with van der Waals surface area (Å²) in [7, 11) is 0. The molecule has 1 heterocycles. The molecule has 1 saturated carbocycles. The fourth-order valence-corrected chi connectivity index (χ4v) is 5.84. The van der Waals surface area contributed by atoms with Crippen molar-refractivity contribution >= 4 is 39.2 Å². The van der Waals surface area contributed by atoms with Crippen LogP contribution in [0.2, 0.25) is 0 Å². The zero-order chi connectivity index (χ0) is 19.3. The van der Waals surface area contributed by atoms with Crippen molar-refractivity contribution in [1.82, 2.24) is 10.3 Å². The zero-order valence-corrected chi connectivity index (χ0v) is 17.5. The fourth-order valence-electron chi connectivity index (χ4n) is 3.54. The molecule has 1 fully saturated rings. The summed E-state index contributed by atoms with van der Waals surface area (Å²) >= 11 is 3.15. The van der Waals surface area contributed by atoms with Crippen molar-refractivity contribution in [1.29, 1.82) is 0 Å². The van der Waals surface area contributed by atoms with Crippen LogP contribution < -0.4 is 10.1 Å². The smallest absolute Gasteiger partial charge is 0.238 e. The van der Waals surface area contributed by atoms with Gasteiger partial charge in [-0.2, -0.15) is 0 Å². The predicted octanol–water partition coefficient (Wildman–Crippen LogP) is 5.59. The first-order chi connectivity index (χ1) is 13.7. The van der Waals surface area contributed by atoms with Crippen LogP contribution in [0.15, 0.2) is 52.9 Å². The predicted molar refractivity (Wildman–Crippen MR) is 116 cm³/mol. The van der Waals surface area contributed by atoms with E-state index in [1.54, 1.807) is 11.3 Å². The second-order valence-electron chi connectivity index (χ2n) is 6.94. The van der Waals surface area contributed by atoms with Crippen LogP contribution in [0, 0.1) is 0 Å². The highest BCUT2D eigenvalue weighted by Crippen LogP contribution is 2.40. The van der Waals surface area contributed by atoms with E-state index in [-0.39, 0.29) is 11.2 Å². The van der Waals surface area contributed by atoms with E-state index in [9.17, 15) is 4.79 Å². The number of ether oxygens (including phenoxy) is 1. The van der Waals surface area contributed by atoms with Gasteiger partial charge in [0.2, 0.25) is 5.91 Å². The number of nitrogens with one attached hydrogen (secondary N) is 1. The lowest BCUT2D eigenvalue weighted by atomic mass is 10.1. The van der Waals surface area contributed by atoms with Crippen LogP contribution in [0.25, 0.3) is 10.2 Å². The van der Waals surface area contributed by atoms with Crippen LogP contribution in [0.3, 0.4) is 0 Å². The van der Waals surface area contributed by atoms with Crippen LogP contribution in [0.5, 0.6) is 5.75 Å². The number of thioether (sulfide) groups is 1. The van der Waals surface area contributed by atoms with E-state index in [4.69, 9.17) is 9.72 Å². The minimum atomic E-state index is -0.297. The molecule has 1 aliphatic rings. The molecular weight excluding hydrogens is 388 g/mol. The van der Waals surface area contributed by atoms with Crippen molar-refractivity contribution < 1.29 is 9.53 Å².